The monoisotopic (exact) mass is 454 g/mol. The Labute approximate surface area is 187 Å². The second-order valence-corrected chi connectivity index (χ2v) is 7.32. The van der Waals surface area contributed by atoms with Crippen molar-refractivity contribution in [3.63, 3.8) is 0 Å². The van der Waals surface area contributed by atoms with Gasteiger partial charge in [-0.05, 0) is 25.8 Å². The van der Waals surface area contributed by atoms with Gasteiger partial charge in [0, 0.05) is 26.0 Å². The van der Waals surface area contributed by atoms with E-state index in [-0.39, 0.29) is 38.5 Å². The number of ketones is 1. The summed E-state index contributed by atoms with van der Waals surface area (Å²) in [5, 5.41) is 11.1. The number of ether oxygens (including phenoxy) is 2. The van der Waals surface area contributed by atoms with Gasteiger partial charge in [0.1, 0.15) is 12.2 Å². The van der Waals surface area contributed by atoms with Crippen LogP contribution >= 0.6 is 0 Å². The summed E-state index contributed by atoms with van der Waals surface area (Å²) in [6.07, 6.45) is 4.26. The summed E-state index contributed by atoms with van der Waals surface area (Å²) < 4.78 is 24.4. The van der Waals surface area contributed by atoms with Gasteiger partial charge < -0.3 is 14.4 Å². The molecule has 10 heteroatoms. The summed E-state index contributed by atoms with van der Waals surface area (Å²) >= 11 is 0. The SMILES string of the molecule is CCCCCCN(CCOC(C)=O)C(=O)CCCOc1c(F)ccc([N+](=O)[O-])c1C(C)=O. The molecule has 1 rings (SSSR count). The maximum absolute atomic E-state index is 14.2. The molecule has 0 saturated heterocycles. The van der Waals surface area contributed by atoms with Gasteiger partial charge in [-0.1, -0.05) is 26.2 Å². The highest BCUT2D eigenvalue weighted by Gasteiger charge is 2.26. The lowest BCUT2D eigenvalue weighted by molar-refractivity contribution is -0.385. The summed E-state index contributed by atoms with van der Waals surface area (Å²) in [4.78, 5) is 47.4. The zero-order valence-electron chi connectivity index (χ0n) is 18.9. The van der Waals surface area contributed by atoms with Gasteiger partial charge >= 0.3 is 5.97 Å². The fourth-order valence-electron chi connectivity index (χ4n) is 3.13. The molecular formula is C22H31FN2O7. The van der Waals surface area contributed by atoms with Crippen LogP contribution in [0.15, 0.2) is 12.1 Å². The summed E-state index contributed by atoms with van der Waals surface area (Å²) in [5.74, 6) is -2.64. The Morgan fingerprint density at radius 3 is 2.38 bits per heavy atom. The van der Waals surface area contributed by atoms with E-state index in [1.165, 1.54) is 6.92 Å². The van der Waals surface area contributed by atoms with Crippen molar-refractivity contribution in [3.05, 3.63) is 33.6 Å². The third-order valence-electron chi connectivity index (χ3n) is 4.72. The number of nitro benzene ring substituents is 1. The minimum atomic E-state index is -0.883. The number of rotatable bonds is 15. The van der Waals surface area contributed by atoms with Crippen LogP contribution in [0.2, 0.25) is 0 Å². The van der Waals surface area contributed by atoms with Gasteiger partial charge in [-0.3, -0.25) is 24.5 Å². The maximum atomic E-state index is 14.2. The van der Waals surface area contributed by atoms with E-state index in [0.29, 0.717) is 6.54 Å². The van der Waals surface area contributed by atoms with Crippen molar-refractivity contribution in [1.82, 2.24) is 4.90 Å². The first-order valence-electron chi connectivity index (χ1n) is 10.7. The Balaban J connectivity index is 2.70. The van der Waals surface area contributed by atoms with Crippen molar-refractivity contribution in [1.29, 1.82) is 0 Å². The molecule has 1 aromatic rings. The van der Waals surface area contributed by atoms with Gasteiger partial charge in [-0.15, -0.1) is 0 Å². The van der Waals surface area contributed by atoms with E-state index in [1.54, 1.807) is 4.90 Å². The van der Waals surface area contributed by atoms with Gasteiger partial charge in [0.15, 0.2) is 17.3 Å². The minimum Gasteiger partial charge on any atom is -0.489 e. The highest BCUT2D eigenvalue weighted by Crippen LogP contribution is 2.31. The maximum Gasteiger partial charge on any atom is 0.302 e. The van der Waals surface area contributed by atoms with Crippen LogP contribution in [-0.4, -0.2) is 53.8 Å². The number of carbonyl (C=O) groups is 3. The second-order valence-electron chi connectivity index (χ2n) is 7.32. The number of hydrogen-bond acceptors (Lipinski definition) is 7. The van der Waals surface area contributed by atoms with Crippen LogP contribution < -0.4 is 4.74 Å². The molecule has 1 amide bonds. The molecule has 0 bridgehead atoms. The second kappa shape index (κ2) is 14.1. The number of hydrogen-bond donors (Lipinski definition) is 0. The van der Waals surface area contributed by atoms with Crippen molar-refractivity contribution in [3.8, 4) is 5.75 Å². The quantitative estimate of drug-likeness (QED) is 0.129. The topological polar surface area (TPSA) is 116 Å². The molecule has 0 heterocycles. The lowest BCUT2D eigenvalue weighted by atomic mass is 10.1. The van der Waals surface area contributed by atoms with E-state index in [1.807, 2.05) is 0 Å². The predicted octanol–water partition coefficient (Wildman–Crippen LogP) is 4.07. The third-order valence-corrected chi connectivity index (χ3v) is 4.72. The summed E-state index contributed by atoms with van der Waals surface area (Å²) in [6.45, 7) is 5.30. The van der Waals surface area contributed by atoms with E-state index >= 15 is 0 Å². The Hall–Kier alpha value is -3.04. The summed E-state index contributed by atoms with van der Waals surface area (Å²) in [7, 11) is 0. The molecule has 0 aliphatic rings. The standard InChI is InChI=1S/C22H31FN2O7/c1-4-5-6-7-12-24(13-15-31-17(3)27)20(28)9-8-14-32-22-18(23)10-11-19(25(29)30)21(22)16(2)26/h10-11H,4-9,12-15H2,1-3H3. The van der Waals surface area contributed by atoms with E-state index in [9.17, 15) is 28.9 Å². The van der Waals surface area contributed by atoms with Crippen LogP contribution in [0.25, 0.3) is 0 Å². The molecule has 0 radical (unpaired) electrons. The molecule has 178 valence electrons. The molecule has 32 heavy (non-hydrogen) atoms. The number of halogens is 1. The van der Waals surface area contributed by atoms with Gasteiger partial charge in [0.2, 0.25) is 5.91 Å². The number of carbonyl (C=O) groups excluding carboxylic acids is 3. The molecule has 0 spiro atoms. The van der Waals surface area contributed by atoms with Crippen LogP contribution in [-0.2, 0) is 14.3 Å². The fourth-order valence-corrected chi connectivity index (χ4v) is 3.13. The van der Waals surface area contributed by atoms with Gasteiger partial charge in [0.25, 0.3) is 5.69 Å². The normalized spacial score (nSPS) is 10.5. The lowest BCUT2D eigenvalue weighted by Crippen LogP contribution is -2.35. The molecule has 0 saturated carbocycles. The van der Waals surface area contributed by atoms with Crippen LogP contribution in [0.1, 0.15) is 69.7 Å². The number of unbranched alkanes of at least 4 members (excludes halogenated alkanes) is 3. The Morgan fingerprint density at radius 2 is 1.78 bits per heavy atom. The molecule has 0 unspecified atom stereocenters. The van der Waals surface area contributed by atoms with Crippen molar-refractivity contribution >= 4 is 23.3 Å². The molecule has 0 fully saturated rings. The van der Waals surface area contributed by atoms with Crippen molar-refractivity contribution in [2.24, 2.45) is 0 Å². The van der Waals surface area contributed by atoms with Crippen LogP contribution in [0.4, 0.5) is 10.1 Å². The summed E-state index contributed by atoms with van der Waals surface area (Å²) in [5.41, 5.74) is -0.964. The fraction of sp³-hybridized carbons (Fsp3) is 0.591. The molecule has 0 aliphatic heterocycles. The van der Waals surface area contributed by atoms with E-state index in [0.717, 1.165) is 44.7 Å². The van der Waals surface area contributed by atoms with Gasteiger partial charge in [-0.25, -0.2) is 4.39 Å². The van der Waals surface area contributed by atoms with Crippen molar-refractivity contribution < 1.29 is 33.2 Å². The molecule has 1 aromatic carbocycles. The summed E-state index contributed by atoms with van der Waals surface area (Å²) in [6, 6.07) is 1.79. The zero-order chi connectivity index (χ0) is 24.1. The first-order chi connectivity index (χ1) is 15.2. The average molecular weight is 454 g/mol. The van der Waals surface area contributed by atoms with Crippen LogP contribution in [0, 0.1) is 15.9 Å². The van der Waals surface area contributed by atoms with Gasteiger partial charge in [0.05, 0.1) is 18.1 Å². The Bertz CT molecular complexity index is 814. The molecule has 0 atom stereocenters. The lowest BCUT2D eigenvalue weighted by Gasteiger charge is -2.22. The number of nitrogens with zero attached hydrogens (tertiary/aromatic N) is 2. The predicted molar refractivity (Wildman–Crippen MR) is 115 cm³/mol. The highest BCUT2D eigenvalue weighted by molar-refractivity contribution is 6.00. The number of Topliss-reactive ketones (excluding diaryl/α,β-unsaturated/α-hetero) is 1. The van der Waals surface area contributed by atoms with E-state index in [4.69, 9.17) is 9.47 Å². The number of esters is 1. The van der Waals surface area contributed by atoms with Crippen molar-refractivity contribution in [2.75, 3.05) is 26.3 Å². The Morgan fingerprint density at radius 1 is 1.06 bits per heavy atom. The number of benzene rings is 1. The molecular weight excluding hydrogens is 423 g/mol. The number of amides is 1. The molecule has 0 aromatic heterocycles. The molecule has 0 N–H and O–H groups in total. The van der Waals surface area contributed by atoms with Gasteiger partial charge in [-0.2, -0.15) is 0 Å². The highest BCUT2D eigenvalue weighted by atomic mass is 19.1. The number of nitro groups is 1. The van der Waals surface area contributed by atoms with Crippen molar-refractivity contribution in [2.45, 2.75) is 59.3 Å². The molecule has 9 nitrogen and oxygen atoms in total. The zero-order valence-corrected chi connectivity index (χ0v) is 18.9. The minimum absolute atomic E-state index is 0.0970. The average Bonchev–Trinajstić information content (AvgIpc) is 2.72. The first kappa shape index (κ1) is 27.0. The molecule has 0 aliphatic carbocycles. The smallest absolute Gasteiger partial charge is 0.302 e. The van der Waals surface area contributed by atoms with Crippen LogP contribution in [0.3, 0.4) is 0 Å². The van der Waals surface area contributed by atoms with E-state index in [2.05, 4.69) is 6.92 Å². The Kier molecular flexibility index (Phi) is 11.9. The van der Waals surface area contributed by atoms with Crippen LogP contribution in [0.5, 0.6) is 5.75 Å². The van der Waals surface area contributed by atoms with E-state index < -0.39 is 39.5 Å². The largest absolute Gasteiger partial charge is 0.489 e. The third kappa shape index (κ3) is 8.99. The first-order valence-corrected chi connectivity index (χ1v) is 10.7.